The maximum Gasteiger partial charge on any atom is 0.243 e. The van der Waals surface area contributed by atoms with E-state index in [9.17, 15) is 4.79 Å². The number of aromatic nitrogens is 2. The highest BCUT2D eigenvalue weighted by Gasteiger charge is 2.54. The van der Waals surface area contributed by atoms with Crippen LogP contribution in [0.25, 0.3) is 11.0 Å². The SMILES string of the molecule is O=C(NN=Cc1nc2ccccc2[nH]1)C1C2CCCCC21. The Morgan fingerprint density at radius 3 is 2.81 bits per heavy atom. The summed E-state index contributed by atoms with van der Waals surface area (Å²) in [6.07, 6.45) is 6.52. The number of hydrogen-bond acceptors (Lipinski definition) is 3. The standard InChI is InChI=1S/C16H18N4O/c21-16(15-10-5-1-2-6-11(10)15)20-17-9-14-18-12-7-3-4-8-13(12)19-14/h3-4,7-11,15H,1-2,5-6H2,(H,18,19)(H,20,21). The first-order valence-corrected chi connectivity index (χ1v) is 7.60. The Balaban J connectivity index is 1.38. The summed E-state index contributed by atoms with van der Waals surface area (Å²) in [5.74, 6) is 2.14. The van der Waals surface area contributed by atoms with Crippen LogP contribution in [0.2, 0.25) is 0 Å². The van der Waals surface area contributed by atoms with Gasteiger partial charge in [-0.05, 0) is 36.8 Å². The van der Waals surface area contributed by atoms with Crippen LogP contribution in [0.4, 0.5) is 0 Å². The third-order valence-electron chi connectivity index (χ3n) is 4.73. The van der Waals surface area contributed by atoms with Crippen LogP contribution in [0.1, 0.15) is 31.5 Å². The molecule has 1 amide bonds. The largest absolute Gasteiger partial charge is 0.337 e. The summed E-state index contributed by atoms with van der Waals surface area (Å²) in [4.78, 5) is 19.6. The highest BCUT2D eigenvalue weighted by molar-refractivity contribution is 5.86. The fraction of sp³-hybridized carbons (Fsp3) is 0.438. The normalized spacial score (nSPS) is 27.7. The van der Waals surface area contributed by atoms with Crippen molar-refractivity contribution in [2.24, 2.45) is 22.9 Å². The Morgan fingerprint density at radius 1 is 1.29 bits per heavy atom. The minimum Gasteiger partial charge on any atom is -0.337 e. The molecule has 2 fully saturated rings. The van der Waals surface area contributed by atoms with Gasteiger partial charge in [-0.25, -0.2) is 10.4 Å². The predicted molar refractivity (Wildman–Crippen MR) is 80.8 cm³/mol. The number of amides is 1. The second-order valence-corrected chi connectivity index (χ2v) is 6.01. The average Bonchev–Trinajstić information content (AvgIpc) is 3.09. The lowest BCUT2D eigenvalue weighted by atomic mass is 10.0. The monoisotopic (exact) mass is 282 g/mol. The van der Waals surface area contributed by atoms with E-state index in [1.165, 1.54) is 25.7 Å². The number of hydrazone groups is 1. The van der Waals surface area contributed by atoms with Gasteiger partial charge in [0.25, 0.3) is 0 Å². The second-order valence-electron chi connectivity index (χ2n) is 6.01. The third kappa shape index (κ3) is 2.33. The van der Waals surface area contributed by atoms with Gasteiger partial charge in [0, 0.05) is 5.92 Å². The van der Waals surface area contributed by atoms with E-state index in [0.717, 1.165) is 11.0 Å². The lowest BCUT2D eigenvalue weighted by Crippen LogP contribution is -2.20. The lowest BCUT2D eigenvalue weighted by molar-refractivity contribution is -0.122. The van der Waals surface area contributed by atoms with Gasteiger partial charge >= 0.3 is 0 Å². The predicted octanol–water partition coefficient (Wildman–Crippen LogP) is 2.45. The Labute approximate surface area is 122 Å². The van der Waals surface area contributed by atoms with E-state index in [0.29, 0.717) is 17.7 Å². The van der Waals surface area contributed by atoms with E-state index in [-0.39, 0.29) is 11.8 Å². The summed E-state index contributed by atoms with van der Waals surface area (Å²) in [5, 5.41) is 4.04. The molecule has 2 saturated carbocycles. The Morgan fingerprint density at radius 2 is 2.05 bits per heavy atom. The molecule has 1 aromatic carbocycles. The highest BCUT2D eigenvalue weighted by Crippen LogP contribution is 2.55. The zero-order chi connectivity index (χ0) is 14.2. The fourth-order valence-electron chi connectivity index (χ4n) is 3.65. The molecular formula is C16H18N4O. The molecular weight excluding hydrogens is 264 g/mol. The number of aromatic amines is 1. The minimum atomic E-state index is 0.0688. The number of fused-ring (bicyclic) bond motifs is 2. The van der Waals surface area contributed by atoms with Gasteiger partial charge in [0.1, 0.15) is 0 Å². The van der Waals surface area contributed by atoms with Crippen LogP contribution in [0.3, 0.4) is 0 Å². The van der Waals surface area contributed by atoms with Gasteiger partial charge in [-0.1, -0.05) is 25.0 Å². The van der Waals surface area contributed by atoms with Crippen LogP contribution in [-0.2, 0) is 4.79 Å². The molecule has 2 aromatic rings. The summed E-state index contributed by atoms with van der Waals surface area (Å²) >= 11 is 0. The number of rotatable bonds is 3. The van der Waals surface area contributed by atoms with Crippen molar-refractivity contribution in [3.63, 3.8) is 0 Å². The number of carbonyl (C=O) groups excluding carboxylic acids is 1. The Bertz CT molecular complexity index is 660. The summed E-state index contributed by atoms with van der Waals surface area (Å²) in [6.45, 7) is 0. The van der Waals surface area contributed by atoms with Gasteiger partial charge in [-0.2, -0.15) is 5.10 Å². The Kier molecular flexibility index (Phi) is 2.98. The maximum absolute atomic E-state index is 12.1. The summed E-state index contributed by atoms with van der Waals surface area (Å²) in [6, 6.07) is 7.81. The molecule has 2 aliphatic rings. The molecule has 0 aliphatic heterocycles. The molecule has 0 bridgehead atoms. The van der Waals surface area contributed by atoms with E-state index >= 15 is 0 Å². The molecule has 0 radical (unpaired) electrons. The lowest BCUT2D eigenvalue weighted by Gasteiger charge is -2.04. The van der Waals surface area contributed by atoms with Crippen LogP contribution in [0.15, 0.2) is 29.4 Å². The number of para-hydroxylation sites is 2. The van der Waals surface area contributed by atoms with E-state index < -0.39 is 0 Å². The maximum atomic E-state index is 12.1. The van der Waals surface area contributed by atoms with Crippen molar-refractivity contribution < 1.29 is 4.79 Å². The van der Waals surface area contributed by atoms with Gasteiger partial charge in [0.15, 0.2) is 5.82 Å². The molecule has 2 atom stereocenters. The molecule has 21 heavy (non-hydrogen) atoms. The number of hydrogen-bond donors (Lipinski definition) is 2. The first kappa shape index (κ1) is 12.6. The van der Waals surface area contributed by atoms with E-state index in [4.69, 9.17) is 0 Å². The van der Waals surface area contributed by atoms with Crippen molar-refractivity contribution in [3.05, 3.63) is 30.1 Å². The highest BCUT2D eigenvalue weighted by atomic mass is 16.2. The second kappa shape index (κ2) is 4.98. The molecule has 0 spiro atoms. The van der Waals surface area contributed by atoms with Crippen molar-refractivity contribution in [2.75, 3.05) is 0 Å². The smallest absolute Gasteiger partial charge is 0.243 e. The first-order chi connectivity index (χ1) is 10.3. The molecule has 2 aliphatic carbocycles. The summed E-state index contributed by atoms with van der Waals surface area (Å²) in [7, 11) is 0. The zero-order valence-corrected chi connectivity index (χ0v) is 11.7. The average molecular weight is 282 g/mol. The van der Waals surface area contributed by atoms with Crippen molar-refractivity contribution in [2.45, 2.75) is 25.7 Å². The molecule has 5 heteroatoms. The third-order valence-corrected chi connectivity index (χ3v) is 4.73. The number of nitrogens with one attached hydrogen (secondary N) is 2. The quantitative estimate of drug-likeness (QED) is 0.670. The van der Waals surface area contributed by atoms with E-state index in [1.54, 1.807) is 6.21 Å². The van der Waals surface area contributed by atoms with Crippen molar-refractivity contribution in [3.8, 4) is 0 Å². The van der Waals surface area contributed by atoms with Crippen LogP contribution < -0.4 is 5.43 Å². The van der Waals surface area contributed by atoms with Crippen LogP contribution in [0, 0.1) is 17.8 Å². The number of imidazole rings is 1. The molecule has 1 aromatic heterocycles. The first-order valence-electron chi connectivity index (χ1n) is 7.60. The van der Waals surface area contributed by atoms with Gasteiger partial charge in [0.05, 0.1) is 17.2 Å². The molecule has 108 valence electrons. The van der Waals surface area contributed by atoms with Crippen molar-refractivity contribution >= 4 is 23.2 Å². The molecule has 2 N–H and O–H groups in total. The van der Waals surface area contributed by atoms with Gasteiger partial charge in [0.2, 0.25) is 5.91 Å². The van der Waals surface area contributed by atoms with Crippen molar-refractivity contribution in [1.82, 2.24) is 15.4 Å². The number of nitrogens with zero attached hydrogens (tertiary/aromatic N) is 2. The van der Waals surface area contributed by atoms with E-state index in [1.807, 2.05) is 24.3 Å². The topological polar surface area (TPSA) is 70.1 Å². The van der Waals surface area contributed by atoms with Crippen LogP contribution >= 0.6 is 0 Å². The number of H-pyrrole nitrogens is 1. The molecule has 1 heterocycles. The molecule has 2 unspecified atom stereocenters. The van der Waals surface area contributed by atoms with Gasteiger partial charge < -0.3 is 4.98 Å². The molecule has 5 nitrogen and oxygen atoms in total. The molecule has 0 saturated heterocycles. The number of carbonyl (C=O) groups is 1. The van der Waals surface area contributed by atoms with Gasteiger partial charge in [-0.3, -0.25) is 4.79 Å². The zero-order valence-electron chi connectivity index (χ0n) is 11.7. The van der Waals surface area contributed by atoms with Crippen LogP contribution in [0.5, 0.6) is 0 Å². The molecule has 4 rings (SSSR count). The van der Waals surface area contributed by atoms with Crippen LogP contribution in [-0.4, -0.2) is 22.1 Å². The van der Waals surface area contributed by atoms with E-state index in [2.05, 4.69) is 20.5 Å². The summed E-state index contributed by atoms with van der Waals surface area (Å²) < 4.78 is 0. The Hall–Kier alpha value is -2.17. The fourth-order valence-corrected chi connectivity index (χ4v) is 3.65. The minimum absolute atomic E-state index is 0.0688. The van der Waals surface area contributed by atoms with Gasteiger partial charge in [-0.15, -0.1) is 0 Å². The van der Waals surface area contributed by atoms with Crippen molar-refractivity contribution in [1.29, 1.82) is 0 Å². The number of benzene rings is 1. The summed E-state index contributed by atoms with van der Waals surface area (Å²) in [5.41, 5.74) is 4.54.